The topological polar surface area (TPSA) is 12.0 Å². The highest BCUT2D eigenvalue weighted by atomic mass is 32.1. The number of aryl methyl sites for hydroxylation is 1. The average molecular weight is 299 g/mol. The molecular weight excluding hydrogens is 283 g/mol. The van der Waals surface area contributed by atoms with E-state index in [9.17, 15) is 13.2 Å². The zero-order valence-electron chi connectivity index (χ0n) is 11.3. The lowest BCUT2D eigenvalue weighted by atomic mass is 9.94. The molecule has 0 saturated heterocycles. The minimum absolute atomic E-state index is 0.281. The third-order valence-corrected chi connectivity index (χ3v) is 4.07. The molecule has 2 rings (SSSR count). The van der Waals surface area contributed by atoms with E-state index in [1.165, 1.54) is 17.4 Å². The van der Waals surface area contributed by atoms with E-state index in [1.807, 2.05) is 24.6 Å². The molecule has 1 atom stereocenters. The van der Waals surface area contributed by atoms with Crippen molar-refractivity contribution < 1.29 is 13.2 Å². The Kier molecular flexibility index (Phi) is 4.50. The summed E-state index contributed by atoms with van der Waals surface area (Å²) in [7, 11) is 0. The summed E-state index contributed by atoms with van der Waals surface area (Å²) in [6.45, 7) is 4.42. The Morgan fingerprint density at radius 1 is 1.15 bits per heavy atom. The Hall–Kier alpha value is -1.33. The van der Waals surface area contributed by atoms with E-state index in [0.29, 0.717) is 6.54 Å². The second kappa shape index (κ2) is 5.97. The first-order valence-electron chi connectivity index (χ1n) is 6.37. The maximum Gasteiger partial charge on any atom is 0.416 e. The van der Waals surface area contributed by atoms with Gasteiger partial charge in [-0.25, -0.2) is 0 Å². The molecule has 0 saturated carbocycles. The summed E-state index contributed by atoms with van der Waals surface area (Å²) in [4.78, 5) is 0. The van der Waals surface area contributed by atoms with Crippen LogP contribution in [0.25, 0.3) is 0 Å². The highest BCUT2D eigenvalue weighted by Gasteiger charge is 2.35. The SMILES string of the molecule is CCNC(c1cscc1C)c1ccccc1C(F)(F)F. The molecule has 108 valence electrons. The maximum atomic E-state index is 13.2. The van der Waals surface area contributed by atoms with Crippen molar-refractivity contribution in [3.05, 3.63) is 57.3 Å². The number of hydrogen-bond acceptors (Lipinski definition) is 2. The standard InChI is InChI=1S/C15H16F3NS/c1-3-19-14(12-9-20-8-10(12)2)11-6-4-5-7-13(11)15(16,17)18/h4-9,14,19H,3H2,1-2H3. The van der Waals surface area contributed by atoms with E-state index >= 15 is 0 Å². The molecule has 1 nitrogen and oxygen atoms in total. The quantitative estimate of drug-likeness (QED) is 0.857. The number of thiophene rings is 1. The fourth-order valence-corrected chi connectivity index (χ4v) is 3.14. The van der Waals surface area contributed by atoms with Gasteiger partial charge in [-0.2, -0.15) is 24.5 Å². The third-order valence-electron chi connectivity index (χ3n) is 3.19. The van der Waals surface area contributed by atoms with E-state index in [2.05, 4.69) is 5.32 Å². The minimum Gasteiger partial charge on any atom is -0.306 e. The normalized spacial score (nSPS) is 13.4. The van der Waals surface area contributed by atoms with Gasteiger partial charge in [0.15, 0.2) is 0 Å². The van der Waals surface area contributed by atoms with E-state index in [-0.39, 0.29) is 5.56 Å². The lowest BCUT2D eigenvalue weighted by molar-refractivity contribution is -0.138. The van der Waals surface area contributed by atoms with Crippen molar-refractivity contribution in [3.8, 4) is 0 Å². The Morgan fingerprint density at radius 2 is 1.85 bits per heavy atom. The predicted octanol–water partition coefficient (Wildman–Crippen LogP) is 4.77. The number of nitrogens with one attached hydrogen (secondary N) is 1. The number of halogens is 3. The summed E-state index contributed by atoms with van der Waals surface area (Å²) in [5.41, 5.74) is 1.63. The largest absolute Gasteiger partial charge is 0.416 e. The Balaban J connectivity index is 2.54. The molecule has 0 amide bonds. The molecule has 0 aliphatic heterocycles. The molecule has 0 bridgehead atoms. The van der Waals surface area contributed by atoms with E-state index in [0.717, 1.165) is 17.2 Å². The Labute approximate surface area is 120 Å². The van der Waals surface area contributed by atoms with Gasteiger partial charge in [0.2, 0.25) is 0 Å². The Bertz CT molecular complexity index is 574. The summed E-state index contributed by atoms with van der Waals surface area (Å²) in [6, 6.07) is 5.34. The monoisotopic (exact) mass is 299 g/mol. The van der Waals surface area contributed by atoms with Crippen LogP contribution in [0, 0.1) is 6.92 Å². The van der Waals surface area contributed by atoms with Gasteiger partial charge in [0, 0.05) is 0 Å². The van der Waals surface area contributed by atoms with Crippen molar-refractivity contribution in [2.45, 2.75) is 26.1 Å². The summed E-state index contributed by atoms with van der Waals surface area (Å²) in [5.74, 6) is 0. The van der Waals surface area contributed by atoms with Crippen LogP contribution < -0.4 is 5.32 Å². The van der Waals surface area contributed by atoms with E-state index in [4.69, 9.17) is 0 Å². The lowest BCUT2D eigenvalue weighted by Crippen LogP contribution is -2.25. The first-order chi connectivity index (χ1) is 9.45. The van der Waals surface area contributed by atoms with Gasteiger partial charge in [-0.3, -0.25) is 0 Å². The smallest absolute Gasteiger partial charge is 0.306 e. The molecule has 0 aliphatic carbocycles. The number of benzene rings is 1. The first-order valence-corrected chi connectivity index (χ1v) is 7.31. The van der Waals surface area contributed by atoms with Crippen LogP contribution in [-0.4, -0.2) is 6.54 Å². The summed E-state index contributed by atoms with van der Waals surface area (Å²) < 4.78 is 39.5. The number of alkyl halides is 3. The first kappa shape index (κ1) is 15.1. The van der Waals surface area contributed by atoms with Crippen LogP contribution in [0.5, 0.6) is 0 Å². The zero-order chi connectivity index (χ0) is 14.8. The number of hydrogen-bond donors (Lipinski definition) is 1. The molecule has 0 radical (unpaired) electrons. The summed E-state index contributed by atoms with van der Waals surface area (Å²) >= 11 is 1.51. The Morgan fingerprint density at radius 3 is 2.40 bits per heavy atom. The summed E-state index contributed by atoms with van der Waals surface area (Å²) in [5, 5.41) is 7.03. The van der Waals surface area contributed by atoms with Gasteiger partial charge in [0.1, 0.15) is 0 Å². The van der Waals surface area contributed by atoms with Gasteiger partial charge in [-0.15, -0.1) is 0 Å². The molecule has 1 aromatic heterocycles. The molecule has 1 heterocycles. The van der Waals surface area contributed by atoms with Crippen LogP contribution in [0.2, 0.25) is 0 Å². The molecule has 0 aliphatic rings. The predicted molar refractivity (Wildman–Crippen MR) is 76.0 cm³/mol. The van der Waals surface area contributed by atoms with Crippen molar-refractivity contribution in [1.82, 2.24) is 5.32 Å². The maximum absolute atomic E-state index is 13.2. The van der Waals surface area contributed by atoms with Gasteiger partial charge < -0.3 is 5.32 Å². The second-order valence-corrected chi connectivity index (χ2v) is 5.33. The molecule has 1 aromatic carbocycles. The van der Waals surface area contributed by atoms with Crippen LogP contribution in [0.3, 0.4) is 0 Å². The van der Waals surface area contributed by atoms with Crippen LogP contribution in [0.15, 0.2) is 35.0 Å². The molecule has 5 heteroatoms. The van der Waals surface area contributed by atoms with Crippen LogP contribution in [-0.2, 0) is 6.18 Å². The molecule has 0 fully saturated rings. The zero-order valence-corrected chi connectivity index (χ0v) is 12.1. The molecule has 2 aromatic rings. The highest BCUT2D eigenvalue weighted by molar-refractivity contribution is 7.08. The molecule has 0 spiro atoms. The van der Waals surface area contributed by atoms with Crippen molar-refractivity contribution in [1.29, 1.82) is 0 Å². The van der Waals surface area contributed by atoms with Crippen molar-refractivity contribution in [2.75, 3.05) is 6.54 Å². The van der Waals surface area contributed by atoms with Crippen molar-refractivity contribution in [3.63, 3.8) is 0 Å². The van der Waals surface area contributed by atoms with Crippen LogP contribution >= 0.6 is 11.3 Å². The lowest BCUT2D eigenvalue weighted by Gasteiger charge is -2.22. The van der Waals surface area contributed by atoms with Crippen LogP contribution in [0.1, 0.15) is 35.2 Å². The van der Waals surface area contributed by atoms with E-state index in [1.54, 1.807) is 12.1 Å². The fourth-order valence-electron chi connectivity index (χ4n) is 2.26. The van der Waals surface area contributed by atoms with E-state index < -0.39 is 17.8 Å². The molecule has 20 heavy (non-hydrogen) atoms. The van der Waals surface area contributed by atoms with Crippen LogP contribution in [0.4, 0.5) is 13.2 Å². The van der Waals surface area contributed by atoms with Gasteiger partial charge in [-0.05, 0) is 47.0 Å². The summed E-state index contributed by atoms with van der Waals surface area (Å²) in [6.07, 6.45) is -4.34. The minimum atomic E-state index is -4.34. The van der Waals surface area contributed by atoms with Crippen molar-refractivity contribution >= 4 is 11.3 Å². The second-order valence-electron chi connectivity index (χ2n) is 4.59. The average Bonchev–Trinajstić information content (AvgIpc) is 2.81. The molecule has 1 unspecified atom stereocenters. The highest BCUT2D eigenvalue weighted by Crippen LogP contribution is 2.37. The van der Waals surface area contributed by atoms with Gasteiger partial charge in [0.25, 0.3) is 0 Å². The number of rotatable bonds is 4. The van der Waals surface area contributed by atoms with Gasteiger partial charge in [-0.1, -0.05) is 25.1 Å². The third kappa shape index (κ3) is 3.04. The van der Waals surface area contributed by atoms with Gasteiger partial charge >= 0.3 is 6.18 Å². The van der Waals surface area contributed by atoms with Gasteiger partial charge in [0.05, 0.1) is 11.6 Å². The molecule has 1 N–H and O–H groups in total. The molecular formula is C15H16F3NS. The van der Waals surface area contributed by atoms with Crippen molar-refractivity contribution in [2.24, 2.45) is 0 Å². The fraction of sp³-hybridized carbons (Fsp3) is 0.333.